The lowest BCUT2D eigenvalue weighted by Gasteiger charge is -2.28. The molecule has 1 N–H and O–H groups in total. The molecular formula is C14H20O3. The van der Waals surface area contributed by atoms with E-state index in [1.807, 2.05) is 45.0 Å². The van der Waals surface area contributed by atoms with Crippen molar-refractivity contribution < 1.29 is 14.6 Å². The standard InChI is InChI=1S/C14H20O3/c1-10(2)9-17-14(4,13(15)16)12-8-6-5-7-11(12)3/h5-8,10H,9H2,1-4H3,(H,15,16). The van der Waals surface area contributed by atoms with Gasteiger partial charge in [-0.1, -0.05) is 38.1 Å². The van der Waals surface area contributed by atoms with Crippen LogP contribution in [0.4, 0.5) is 0 Å². The summed E-state index contributed by atoms with van der Waals surface area (Å²) in [6.07, 6.45) is 0. The third-order valence-electron chi connectivity index (χ3n) is 2.77. The molecule has 94 valence electrons. The molecule has 1 rings (SSSR count). The van der Waals surface area contributed by atoms with Crippen molar-refractivity contribution in [1.29, 1.82) is 0 Å². The van der Waals surface area contributed by atoms with Crippen molar-refractivity contribution in [2.75, 3.05) is 6.61 Å². The van der Waals surface area contributed by atoms with Gasteiger partial charge in [-0.3, -0.25) is 0 Å². The van der Waals surface area contributed by atoms with Crippen LogP contribution in [-0.4, -0.2) is 17.7 Å². The van der Waals surface area contributed by atoms with Gasteiger partial charge in [0, 0.05) is 0 Å². The van der Waals surface area contributed by atoms with E-state index in [0.29, 0.717) is 18.1 Å². The molecule has 0 saturated carbocycles. The van der Waals surface area contributed by atoms with E-state index in [2.05, 4.69) is 0 Å². The van der Waals surface area contributed by atoms with Crippen molar-refractivity contribution in [2.24, 2.45) is 5.92 Å². The highest BCUT2D eigenvalue weighted by Gasteiger charge is 2.37. The minimum absolute atomic E-state index is 0.303. The van der Waals surface area contributed by atoms with Gasteiger partial charge in [0.1, 0.15) is 0 Å². The maximum absolute atomic E-state index is 11.5. The van der Waals surface area contributed by atoms with Crippen LogP contribution in [0.15, 0.2) is 24.3 Å². The number of carboxylic acid groups (broad SMARTS) is 1. The Morgan fingerprint density at radius 1 is 1.41 bits per heavy atom. The van der Waals surface area contributed by atoms with Crippen LogP contribution in [0.2, 0.25) is 0 Å². The zero-order valence-corrected chi connectivity index (χ0v) is 10.9. The predicted molar refractivity (Wildman–Crippen MR) is 67.0 cm³/mol. The van der Waals surface area contributed by atoms with Crippen LogP contribution >= 0.6 is 0 Å². The van der Waals surface area contributed by atoms with Gasteiger partial charge in [-0.15, -0.1) is 0 Å². The Balaban J connectivity index is 3.08. The number of hydrogen-bond donors (Lipinski definition) is 1. The van der Waals surface area contributed by atoms with Crippen molar-refractivity contribution >= 4 is 5.97 Å². The molecule has 0 bridgehead atoms. The fraction of sp³-hybridized carbons (Fsp3) is 0.500. The van der Waals surface area contributed by atoms with Crippen molar-refractivity contribution in [3.05, 3.63) is 35.4 Å². The van der Waals surface area contributed by atoms with Crippen LogP contribution in [0.5, 0.6) is 0 Å². The second kappa shape index (κ2) is 5.32. The first kappa shape index (κ1) is 13.7. The van der Waals surface area contributed by atoms with Gasteiger partial charge in [-0.05, 0) is 30.9 Å². The first-order valence-corrected chi connectivity index (χ1v) is 5.81. The first-order chi connectivity index (χ1) is 7.88. The molecule has 0 radical (unpaired) electrons. The SMILES string of the molecule is Cc1ccccc1C(C)(OCC(C)C)C(=O)O. The highest BCUT2D eigenvalue weighted by atomic mass is 16.5. The van der Waals surface area contributed by atoms with Gasteiger partial charge < -0.3 is 9.84 Å². The van der Waals surface area contributed by atoms with Gasteiger partial charge in [0.05, 0.1) is 6.61 Å². The van der Waals surface area contributed by atoms with Crippen LogP contribution in [0.25, 0.3) is 0 Å². The number of carboxylic acids is 1. The quantitative estimate of drug-likeness (QED) is 0.855. The molecule has 1 unspecified atom stereocenters. The molecule has 1 aromatic carbocycles. The van der Waals surface area contributed by atoms with Crippen LogP contribution in [0, 0.1) is 12.8 Å². The van der Waals surface area contributed by atoms with E-state index in [1.54, 1.807) is 6.92 Å². The summed E-state index contributed by atoms with van der Waals surface area (Å²) < 4.78 is 5.62. The number of aliphatic carboxylic acids is 1. The lowest BCUT2D eigenvalue weighted by atomic mass is 9.91. The molecule has 0 saturated heterocycles. The Labute approximate surface area is 102 Å². The lowest BCUT2D eigenvalue weighted by Crippen LogP contribution is -2.37. The normalized spacial score (nSPS) is 14.6. The second-order valence-electron chi connectivity index (χ2n) is 4.86. The maximum atomic E-state index is 11.5. The molecule has 17 heavy (non-hydrogen) atoms. The first-order valence-electron chi connectivity index (χ1n) is 5.81. The number of hydrogen-bond acceptors (Lipinski definition) is 2. The zero-order valence-electron chi connectivity index (χ0n) is 10.9. The highest BCUT2D eigenvalue weighted by Crippen LogP contribution is 2.29. The molecule has 0 aliphatic rings. The number of carbonyl (C=O) groups is 1. The van der Waals surface area contributed by atoms with Gasteiger partial charge in [0.2, 0.25) is 0 Å². The monoisotopic (exact) mass is 236 g/mol. The van der Waals surface area contributed by atoms with Crippen molar-refractivity contribution in [3.8, 4) is 0 Å². The van der Waals surface area contributed by atoms with Gasteiger partial charge in [0.15, 0.2) is 5.60 Å². The lowest BCUT2D eigenvalue weighted by molar-refractivity contribution is -0.166. The van der Waals surface area contributed by atoms with Crippen molar-refractivity contribution in [2.45, 2.75) is 33.3 Å². The minimum Gasteiger partial charge on any atom is -0.479 e. The third-order valence-corrected chi connectivity index (χ3v) is 2.77. The third kappa shape index (κ3) is 3.07. The van der Waals surface area contributed by atoms with E-state index >= 15 is 0 Å². The molecule has 0 heterocycles. The molecule has 3 nitrogen and oxygen atoms in total. The number of aryl methyl sites for hydroxylation is 1. The van der Waals surface area contributed by atoms with Crippen molar-refractivity contribution in [1.82, 2.24) is 0 Å². The molecule has 0 fully saturated rings. The van der Waals surface area contributed by atoms with E-state index in [4.69, 9.17) is 4.74 Å². The predicted octanol–water partition coefficient (Wildman–Crippen LogP) is 2.97. The van der Waals surface area contributed by atoms with Crippen LogP contribution < -0.4 is 0 Å². The van der Waals surface area contributed by atoms with Crippen LogP contribution in [0.1, 0.15) is 31.9 Å². The Kier molecular flexibility index (Phi) is 4.29. The Bertz CT molecular complexity index is 398. The molecule has 0 amide bonds. The Morgan fingerprint density at radius 2 is 2.00 bits per heavy atom. The largest absolute Gasteiger partial charge is 0.479 e. The second-order valence-corrected chi connectivity index (χ2v) is 4.86. The number of rotatable bonds is 5. The molecule has 1 atom stereocenters. The zero-order chi connectivity index (χ0) is 13.1. The fourth-order valence-corrected chi connectivity index (χ4v) is 1.70. The average Bonchev–Trinajstić information content (AvgIpc) is 2.26. The summed E-state index contributed by atoms with van der Waals surface area (Å²) in [6.45, 7) is 7.94. The summed E-state index contributed by atoms with van der Waals surface area (Å²) >= 11 is 0. The topological polar surface area (TPSA) is 46.5 Å². The number of benzene rings is 1. The summed E-state index contributed by atoms with van der Waals surface area (Å²) in [5, 5.41) is 9.40. The molecular weight excluding hydrogens is 216 g/mol. The molecule has 0 aromatic heterocycles. The average molecular weight is 236 g/mol. The Morgan fingerprint density at radius 3 is 2.47 bits per heavy atom. The van der Waals surface area contributed by atoms with E-state index < -0.39 is 11.6 Å². The fourth-order valence-electron chi connectivity index (χ4n) is 1.70. The highest BCUT2D eigenvalue weighted by molar-refractivity contribution is 5.79. The summed E-state index contributed by atoms with van der Waals surface area (Å²) in [6, 6.07) is 7.44. The summed E-state index contributed by atoms with van der Waals surface area (Å²) in [5.41, 5.74) is 0.379. The Hall–Kier alpha value is -1.35. The van der Waals surface area contributed by atoms with Crippen molar-refractivity contribution in [3.63, 3.8) is 0 Å². The molecule has 0 aliphatic carbocycles. The molecule has 3 heteroatoms. The molecule has 1 aromatic rings. The smallest absolute Gasteiger partial charge is 0.340 e. The van der Waals surface area contributed by atoms with E-state index in [1.165, 1.54) is 0 Å². The molecule has 0 aliphatic heterocycles. The maximum Gasteiger partial charge on any atom is 0.340 e. The summed E-state index contributed by atoms with van der Waals surface area (Å²) in [7, 11) is 0. The van der Waals surface area contributed by atoms with Gasteiger partial charge in [0.25, 0.3) is 0 Å². The van der Waals surface area contributed by atoms with E-state index in [-0.39, 0.29) is 0 Å². The summed E-state index contributed by atoms with van der Waals surface area (Å²) in [5.74, 6) is -0.648. The van der Waals surface area contributed by atoms with Gasteiger partial charge >= 0.3 is 5.97 Å². The van der Waals surface area contributed by atoms with E-state index in [0.717, 1.165) is 5.56 Å². The van der Waals surface area contributed by atoms with E-state index in [9.17, 15) is 9.90 Å². The van der Waals surface area contributed by atoms with Crippen LogP contribution in [-0.2, 0) is 15.1 Å². The van der Waals surface area contributed by atoms with Crippen LogP contribution in [0.3, 0.4) is 0 Å². The minimum atomic E-state index is -1.27. The van der Waals surface area contributed by atoms with Gasteiger partial charge in [-0.25, -0.2) is 4.79 Å². The summed E-state index contributed by atoms with van der Waals surface area (Å²) in [4.78, 5) is 11.5. The van der Waals surface area contributed by atoms with Gasteiger partial charge in [-0.2, -0.15) is 0 Å². The number of ether oxygens (including phenoxy) is 1. The molecule has 0 spiro atoms.